The molecule has 0 aliphatic heterocycles. The Morgan fingerprint density at radius 3 is 2.88 bits per heavy atom. The molecule has 0 unspecified atom stereocenters. The average molecular weight is 439 g/mol. The van der Waals surface area contributed by atoms with Crippen molar-refractivity contribution in [1.82, 2.24) is 9.38 Å². The molecule has 0 saturated carbocycles. The Kier molecular flexibility index (Phi) is 4.47. The van der Waals surface area contributed by atoms with Gasteiger partial charge in [0.25, 0.3) is 0 Å². The quantitative estimate of drug-likeness (QED) is 0.383. The van der Waals surface area contributed by atoms with Crippen molar-refractivity contribution in [3.8, 4) is 0 Å². The summed E-state index contributed by atoms with van der Waals surface area (Å²) in [5, 5.41) is 2.89. The van der Waals surface area contributed by atoms with Crippen LogP contribution in [0.2, 0.25) is 0 Å². The van der Waals surface area contributed by atoms with Crippen LogP contribution in [0.1, 0.15) is 20.7 Å². The number of aromatic nitrogens is 2. The smallest absolute Gasteiger partial charge is 0.341 e. The predicted molar refractivity (Wildman–Crippen MR) is 94.3 cm³/mol. The summed E-state index contributed by atoms with van der Waals surface area (Å²) in [6.45, 7) is 0. The minimum atomic E-state index is -0.651. The lowest BCUT2D eigenvalue weighted by Gasteiger charge is -2.15. The number of nitrogens with zero attached hydrogens (tertiary/aromatic N) is 2. The summed E-state index contributed by atoms with van der Waals surface area (Å²) in [7, 11) is 1.23. The number of imidazole rings is 1. The van der Waals surface area contributed by atoms with Crippen LogP contribution in [0, 0.1) is 9.39 Å². The fourth-order valence-corrected chi connectivity index (χ4v) is 2.77. The zero-order chi connectivity index (χ0) is 17.3. The molecule has 24 heavy (non-hydrogen) atoms. The van der Waals surface area contributed by atoms with Gasteiger partial charge in [0.05, 0.1) is 24.5 Å². The highest BCUT2D eigenvalue weighted by Gasteiger charge is 2.19. The van der Waals surface area contributed by atoms with Gasteiger partial charge in [-0.3, -0.25) is 9.20 Å². The van der Waals surface area contributed by atoms with E-state index in [4.69, 9.17) is 4.74 Å². The number of halogens is 2. The molecule has 6 nitrogen and oxygen atoms in total. The zero-order valence-electron chi connectivity index (χ0n) is 12.4. The largest absolute Gasteiger partial charge is 0.465 e. The van der Waals surface area contributed by atoms with Gasteiger partial charge >= 0.3 is 5.97 Å². The maximum absolute atomic E-state index is 14.2. The van der Waals surface area contributed by atoms with E-state index in [0.29, 0.717) is 11.8 Å². The fourth-order valence-electron chi connectivity index (χ4n) is 2.32. The second kappa shape index (κ2) is 6.56. The molecule has 2 heterocycles. The third kappa shape index (κ3) is 2.84. The van der Waals surface area contributed by atoms with Gasteiger partial charge in [0.15, 0.2) is 6.29 Å². The number of methoxy groups -OCH3 is 1. The van der Waals surface area contributed by atoms with Crippen LogP contribution in [0.3, 0.4) is 0 Å². The summed E-state index contributed by atoms with van der Waals surface area (Å²) in [5.74, 6) is -0.854. The molecular weight excluding hydrogens is 428 g/mol. The Labute approximate surface area is 149 Å². The maximum atomic E-state index is 14.2. The van der Waals surface area contributed by atoms with E-state index in [9.17, 15) is 14.0 Å². The molecule has 0 atom stereocenters. The lowest BCUT2D eigenvalue weighted by Crippen LogP contribution is -2.11. The number of esters is 1. The van der Waals surface area contributed by atoms with Gasteiger partial charge in [-0.2, -0.15) is 0 Å². The number of nitrogens with one attached hydrogen (secondary N) is 1. The van der Waals surface area contributed by atoms with Crippen LogP contribution in [-0.4, -0.2) is 28.7 Å². The normalized spacial score (nSPS) is 10.6. The van der Waals surface area contributed by atoms with Crippen LogP contribution >= 0.6 is 22.6 Å². The molecule has 0 saturated heterocycles. The second-order valence-electron chi connectivity index (χ2n) is 4.87. The van der Waals surface area contributed by atoms with Crippen molar-refractivity contribution in [2.45, 2.75) is 0 Å². The molecule has 0 radical (unpaired) electrons. The number of anilines is 2. The maximum Gasteiger partial charge on any atom is 0.341 e. The number of carbonyl (C=O) groups is 2. The number of benzene rings is 1. The number of rotatable bonds is 4. The summed E-state index contributed by atoms with van der Waals surface area (Å²) in [6, 6.07) is 6.05. The van der Waals surface area contributed by atoms with Crippen LogP contribution in [-0.2, 0) is 4.74 Å². The molecule has 0 bridgehead atoms. The van der Waals surface area contributed by atoms with Crippen molar-refractivity contribution in [3.05, 3.63) is 57.3 Å². The molecule has 122 valence electrons. The Hall–Kier alpha value is -2.49. The Bertz CT molecular complexity index is 955. The predicted octanol–water partition coefficient (Wildman–Crippen LogP) is 3.42. The SMILES string of the molecule is COC(=O)c1cc(C=O)c2cncn2c1Nc1ccc(I)cc1F. The third-order valence-electron chi connectivity index (χ3n) is 3.45. The van der Waals surface area contributed by atoms with Crippen molar-refractivity contribution in [3.63, 3.8) is 0 Å². The lowest BCUT2D eigenvalue weighted by molar-refractivity contribution is 0.0601. The third-order valence-corrected chi connectivity index (χ3v) is 4.12. The van der Waals surface area contributed by atoms with Crippen LogP contribution in [0.4, 0.5) is 15.9 Å². The van der Waals surface area contributed by atoms with Crippen LogP contribution in [0.5, 0.6) is 0 Å². The van der Waals surface area contributed by atoms with E-state index in [2.05, 4.69) is 10.3 Å². The summed E-state index contributed by atoms with van der Waals surface area (Å²) in [4.78, 5) is 27.4. The molecular formula is C16H11FIN3O3. The van der Waals surface area contributed by atoms with E-state index in [1.165, 1.54) is 36.2 Å². The van der Waals surface area contributed by atoms with Gasteiger partial charge in [0.2, 0.25) is 0 Å². The van der Waals surface area contributed by atoms with E-state index in [-0.39, 0.29) is 22.6 Å². The molecule has 3 rings (SSSR count). The molecule has 2 aromatic heterocycles. The number of ether oxygens (including phenoxy) is 1. The molecule has 1 N–H and O–H groups in total. The Balaban J connectivity index is 2.23. The van der Waals surface area contributed by atoms with Gasteiger partial charge in [-0.1, -0.05) is 0 Å². The van der Waals surface area contributed by atoms with Crippen LogP contribution < -0.4 is 5.32 Å². The molecule has 3 aromatic rings. The van der Waals surface area contributed by atoms with Crippen molar-refractivity contribution in [2.75, 3.05) is 12.4 Å². The van der Waals surface area contributed by atoms with Gasteiger partial charge in [0, 0.05) is 9.13 Å². The van der Waals surface area contributed by atoms with Crippen LogP contribution in [0.15, 0.2) is 36.8 Å². The number of fused-ring (bicyclic) bond motifs is 1. The van der Waals surface area contributed by atoms with E-state index >= 15 is 0 Å². The first kappa shape index (κ1) is 16.4. The van der Waals surface area contributed by atoms with Crippen molar-refractivity contribution in [1.29, 1.82) is 0 Å². The van der Waals surface area contributed by atoms with E-state index in [0.717, 1.165) is 3.57 Å². The Morgan fingerprint density at radius 1 is 1.42 bits per heavy atom. The summed E-state index contributed by atoms with van der Waals surface area (Å²) < 4.78 is 21.2. The van der Waals surface area contributed by atoms with Gasteiger partial charge in [-0.05, 0) is 46.9 Å². The van der Waals surface area contributed by atoms with Crippen molar-refractivity contribution < 1.29 is 18.7 Å². The lowest BCUT2D eigenvalue weighted by atomic mass is 10.1. The fraction of sp³-hybridized carbons (Fsp3) is 0.0625. The first-order valence-electron chi connectivity index (χ1n) is 6.79. The molecule has 0 aliphatic carbocycles. The van der Waals surface area contributed by atoms with Gasteiger partial charge in [0.1, 0.15) is 23.5 Å². The molecule has 8 heteroatoms. The summed E-state index contributed by atoms with van der Waals surface area (Å²) >= 11 is 2.00. The average Bonchev–Trinajstić information content (AvgIpc) is 3.06. The Morgan fingerprint density at radius 2 is 2.21 bits per heavy atom. The molecule has 0 amide bonds. The number of hydrogen-bond acceptors (Lipinski definition) is 5. The first-order valence-corrected chi connectivity index (χ1v) is 7.87. The first-order chi connectivity index (χ1) is 11.5. The monoisotopic (exact) mass is 439 g/mol. The highest BCUT2D eigenvalue weighted by molar-refractivity contribution is 14.1. The van der Waals surface area contributed by atoms with E-state index in [1.807, 2.05) is 22.6 Å². The minimum Gasteiger partial charge on any atom is -0.465 e. The minimum absolute atomic E-state index is 0.100. The van der Waals surface area contributed by atoms with E-state index in [1.54, 1.807) is 12.1 Å². The topological polar surface area (TPSA) is 72.7 Å². The molecule has 0 fully saturated rings. The number of pyridine rings is 1. The summed E-state index contributed by atoms with van der Waals surface area (Å²) in [6.07, 6.45) is 3.54. The molecule has 0 spiro atoms. The number of hydrogen-bond donors (Lipinski definition) is 1. The van der Waals surface area contributed by atoms with Gasteiger partial charge < -0.3 is 10.1 Å². The van der Waals surface area contributed by atoms with Crippen molar-refractivity contribution >= 4 is 51.9 Å². The zero-order valence-corrected chi connectivity index (χ0v) is 14.6. The van der Waals surface area contributed by atoms with Gasteiger partial charge in [-0.25, -0.2) is 14.2 Å². The van der Waals surface area contributed by atoms with E-state index < -0.39 is 11.8 Å². The molecule has 0 aliphatic rings. The number of carbonyl (C=O) groups excluding carboxylic acids is 2. The standard InChI is InChI=1S/C16H11FIN3O3/c1-24-16(23)11-4-9(7-22)14-6-19-8-21(14)15(11)20-13-3-2-10(18)5-12(13)17/h2-8,20H,1H3. The number of aldehydes is 1. The highest BCUT2D eigenvalue weighted by Crippen LogP contribution is 2.27. The summed E-state index contributed by atoms with van der Waals surface area (Å²) in [5.41, 5.74) is 1.06. The second-order valence-corrected chi connectivity index (χ2v) is 6.12. The van der Waals surface area contributed by atoms with Crippen molar-refractivity contribution in [2.24, 2.45) is 0 Å². The van der Waals surface area contributed by atoms with Crippen LogP contribution in [0.25, 0.3) is 5.52 Å². The highest BCUT2D eigenvalue weighted by atomic mass is 127. The van der Waals surface area contributed by atoms with Gasteiger partial charge in [-0.15, -0.1) is 0 Å². The molecule has 1 aromatic carbocycles.